The van der Waals surface area contributed by atoms with E-state index in [2.05, 4.69) is 11.1 Å². The van der Waals surface area contributed by atoms with Crippen molar-refractivity contribution in [2.75, 3.05) is 19.0 Å². The summed E-state index contributed by atoms with van der Waals surface area (Å²) in [5.74, 6) is -1.77. The van der Waals surface area contributed by atoms with Crippen LogP contribution in [0.15, 0.2) is 65.7 Å². The number of aromatic nitrogens is 1. The van der Waals surface area contributed by atoms with E-state index in [1.165, 1.54) is 11.3 Å². The molecule has 1 aliphatic heterocycles. The molecule has 8 heteroatoms. The van der Waals surface area contributed by atoms with Crippen molar-refractivity contribution < 1.29 is 40.3 Å². The second kappa shape index (κ2) is 9.68. The Balaban J connectivity index is 0.00000289. The summed E-state index contributed by atoms with van der Waals surface area (Å²) in [6.45, 7) is 1.85. The maximum Gasteiger partial charge on any atom is 0.408 e. The number of hydrogen-bond donors (Lipinski definition) is 0. The molecule has 0 saturated heterocycles. The van der Waals surface area contributed by atoms with Gasteiger partial charge in [0.1, 0.15) is 5.52 Å². The van der Waals surface area contributed by atoms with Gasteiger partial charge >= 0.3 is 5.91 Å². The number of hydrogen-bond acceptors (Lipinski definition) is 6. The minimum Gasteiger partial charge on any atom is -0.545 e. The summed E-state index contributed by atoms with van der Waals surface area (Å²) in [5, 5.41) is 12.3. The van der Waals surface area contributed by atoms with Crippen molar-refractivity contribution >= 4 is 56.6 Å². The van der Waals surface area contributed by atoms with E-state index >= 15 is 0 Å². The third-order valence-electron chi connectivity index (χ3n) is 5.65. The summed E-state index contributed by atoms with van der Waals surface area (Å²) in [6, 6.07) is 20.7. The number of carbonyl (C=O) groups excluding carboxylic acids is 2. The molecule has 0 N–H and O–H groups in total. The normalized spacial score (nSPS) is 12.5. The number of aliphatic imine (C=N–C) groups is 1. The molecule has 1 aliphatic rings. The first-order valence-corrected chi connectivity index (χ1v) is 11.4. The van der Waals surface area contributed by atoms with Gasteiger partial charge in [0.05, 0.1) is 23.3 Å². The molecule has 0 aliphatic carbocycles. The number of aryl methyl sites for hydroxylation is 1. The maximum absolute atomic E-state index is 12.9. The third kappa shape index (κ3) is 4.62. The zero-order valence-electron chi connectivity index (χ0n) is 19.2. The number of rotatable bonds is 5. The van der Waals surface area contributed by atoms with Crippen LogP contribution in [-0.2, 0) is 25.9 Å². The number of aliphatic carboxylic acids is 1. The molecule has 0 bridgehead atoms. The smallest absolute Gasteiger partial charge is 0.408 e. The summed E-state index contributed by atoms with van der Waals surface area (Å²) < 4.78 is 2.29. The topological polar surface area (TPSA) is 76.7 Å². The van der Waals surface area contributed by atoms with Gasteiger partial charge in [-0.2, -0.15) is 22.3 Å². The van der Waals surface area contributed by atoms with Crippen molar-refractivity contribution in [2.24, 2.45) is 4.99 Å². The van der Waals surface area contributed by atoms with Crippen molar-refractivity contribution in [3.63, 3.8) is 0 Å². The van der Waals surface area contributed by atoms with E-state index in [1.54, 1.807) is 10.6 Å². The van der Waals surface area contributed by atoms with E-state index in [1.807, 2.05) is 80.7 Å². The molecule has 0 saturated carbocycles. The van der Waals surface area contributed by atoms with Gasteiger partial charge in [-0.05, 0) is 52.2 Å². The number of thiazole rings is 1. The fourth-order valence-corrected chi connectivity index (χ4v) is 5.19. The number of anilines is 1. The average molecular weight is 650 g/mol. The summed E-state index contributed by atoms with van der Waals surface area (Å²) in [4.78, 5) is 31.1. The zero-order chi connectivity index (χ0) is 24.0. The molecule has 0 spiro atoms. The van der Waals surface area contributed by atoms with E-state index in [0.717, 1.165) is 38.8 Å². The molecule has 4 aromatic rings. The van der Waals surface area contributed by atoms with Gasteiger partial charge in [-0.1, -0.05) is 36.0 Å². The molecule has 0 fully saturated rings. The van der Waals surface area contributed by atoms with E-state index in [0.29, 0.717) is 16.1 Å². The van der Waals surface area contributed by atoms with Gasteiger partial charge in [-0.15, -0.1) is 0 Å². The van der Waals surface area contributed by atoms with Crippen LogP contribution >= 0.6 is 11.3 Å². The Morgan fingerprint density at radius 3 is 2.43 bits per heavy atom. The Labute approximate surface area is 221 Å². The molecular formula is C27H20N3O3SW-. The second-order valence-electron chi connectivity index (χ2n) is 8.26. The number of carboxylic acids is 1. The van der Waals surface area contributed by atoms with Crippen molar-refractivity contribution in [2.45, 2.75) is 6.92 Å². The largest absolute Gasteiger partial charge is 0.545 e. The Kier molecular flexibility index (Phi) is 6.83. The standard InChI is InChI=1S/C27H21N3O3S.W/c1-16-12-21-22(27(32)33)14-24(31)30-25(21)23(13-16)34-26(30)18-6-8-19(9-7-18)28-15-17-4-10-20(11-5-17)29(2)3;/h4-12,14-15H,1-3H3,(H,32,33);/p-1. The van der Waals surface area contributed by atoms with E-state index in [9.17, 15) is 14.7 Å². The summed E-state index contributed by atoms with van der Waals surface area (Å²) >= 11 is 1.40. The second-order valence-corrected chi connectivity index (χ2v) is 9.26. The van der Waals surface area contributed by atoms with Gasteiger partial charge in [0.2, 0.25) is 0 Å². The minimum atomic E-state index is -1.36. The Morgan fingerprint density at radius 2 is 1.80 bits per heavy atom. The van der Waals surface area contributed by atoms with Gasteiger partial charge < -0.3 is 14.8 Å². The molecule has 0 atom stereocenters. The molecule has 35 heavy (non-hydrogen) atoms. The van der Waals surface area contributed by atoms with E-state index in [-0.39, 0.29) is 26.6 Å². The van der Waals surface area contributed by atoms with Crippen molar-refractivity contribution in [1.29, 1.82) is 0 Å². The molecule has 1 aromatic heterocycles. The molecule has 0 unspecified atom stereocenters. The van der Waals surface area contributed by atoms with Crippen LogP contribution in [0.3, 0.4) is 0 Å². The van der Waals surface area contributed by atoms with Crippen LogP contribution in [0.1, 0.15) is 21.5 Å². The number of benzene rings is 3. The molecule has 5 rings (SSSR count). The van der Waals surface area contributed by atoms with E-state index in [4.69, 9.17) is 0 Å². The third-order valence-corrected chi connectivity index (χ3v) is 6.76. The summed E-state index contributed by atoms with van der Waals surface area (Å²) in [5.41, 5.74) is 5.49. The van der Waals surface area contributed by atoms with Crippen LogP contribution in [-0.4, -0.2) is 32.2 Å². The first-order valence-electron chi connectivity index (χ1n) is 10.6. The molecule has 3 aromatic carbocycles. The number of carboxylic acid groups (broad SMARTS) is 1. The molecule has 6 nitrogen and oxygen atoms in total. The number of carbonyl (C=O) groups is 2. The Bertz CT molecular complexity index is 1520. The number of nitrogens with zero attached hydrogens (tertiary/aromatic N) is 3. The van der Waals surface area contributed by atoms with Gasteiger partial charge in [0.15, 0.2) is 0 Å². The quantitative estimate of drug-likeness (QED) is 0.188. The molecular weight excluding hydrogens is 630 g/mol. The predicted molar refractivity (Wildman–Crippen MR) is 133 cm³/mol. The molecule has 0 radical (unpaired) electrons. The first-order chi connectivity index (χ1) is 16.3. The van der Waals surface area contributed by atoms with Gasteiger partial charge in [0.25, 0.3) is 5.01 Å². The molecule has 174 valence electrons. The molecule has 2 heterocycles. The monoisotopic (exact) mass is 650 g/mol. The van der Waals surface area contributed by atoms with Gasteiger partial charge in [-0.25, -0.2) is 4.79 Å². The van der Waals surface area contributed by atoms with E-state index < -0.39 is 11.9 Å². The summed E-state index contributed by atoms with van der Waals surface area (Å²) in [6.07, 6.45) is 2.94. The summed E-state index contributed by atoms with van der Waals surface area (Å²) in [7, 11) is 4.00. The van der Waals surface area contributed by atoms with Gasteiger partial charge in [-0.3, -0.25) is 4.99 Å². The fourth-order valence-electron chi connectivity index (χ4n) is 3.96. The van der Waals surface area contributed by atoms with Crippen LogP contribution in [0.2, 0.25) is 0 Å². The minimum absolute atomic E-state index is 0. The van der Waals surface area contributed by atoms with Crippen molar-refractivity contribution in [1.82, 2.24) is 0 Å². The van der Waals surface area contributed by atoms with Crippen molar-refractivity contribution in [3.05, 3.63) is 83.4 Å². The Morgan fingerprint density at radius 1 is 1.11 bits per heavy atom. The van der Waals surface area contributed by atoms with Crippen LogP contribution in [0.4, 0.5) is 11.4 Å². The van der Waals surface area contributed by atoms with Crippen LogP contribution in [0.5, 0.6) is 0 Å². The van der Waals surface area contributed by atoms with Crippen LogP contribution < -0.4 is 14.6 Å². The Hall–Kier alpha value is -3.41. The van der Waals surface area contributed by atoms with Gasteiger partial charge in [0, 0.05) is 47.1 Å². The average Bonchev–Trinajstić information content (AvgIpc) is 3.20. The van der Waals surface area contributed by atoms with Crippen molar-refractivity contribution in [3.8, 4) is 10.6 Å². The molecule has 0 amide bonds. The SMILES string of the molecule is Cc1[c-]c2sc(-c3ccc(N=Cc4ccc(N(C)C)cc4)cc3)[n+]3c2c(c1)C(C(=O)[O-])=CC3=O.[W]. The number of allylic oxidation sites excluding steroid dienone is 1. The fraction of sp³-hybridized carbons (Fsp3) is 0.111. The zero-order valence-corrected chi connectivity index (χ0v) is 23.0. The first kappa shape index (κ1) is 24.7. The van der Waals surface area contributed by atoms with Crippen LogP contribution in [0, 0.1) is 13.0 Å². The maximum atomic E-state index is 12.9. The van der Waals surface area contributed by atoms with Crippen LogP contribution in [0.25, 0.3) is 26.4 Å². The predicted octanol–water partition coefficient (Wildman–Crippen LogP) is 3.57.